The van der Waals surface area contributed by atoms with Gasteiger partial charge in [0.15, 0.2) is 0 Å². The number of benzene rings is 1. The van der Waals surface area contributed by atoms with Gasteiger partial charge in [-0.15, -0.1) is 0 Å². The quantitative estimate of drug-likeness (QED) is 0.701. The molecule has 0 saturated carbocycles. The normalized spacial score (nSPS) is 30.0. The Balaban J connectivity index is 1.99. The molecule has 2 aliphatic heterocycles. The van der Waals surface area contributed by atoms with Crippen LogP contribution in [0.3, 0.4) is 0 Å². The third-order valence-electron chi connectivity index (χ3n) is 2.83. The number of hydrogen-bond donors (Lipinski definition) is 1. The molecule has 0 radical (unpaired) electrons. The molecular weight excluding hydrogens is 194 g/mol. The van der Waals surface area contributed by atoms with Crippen molar-refractivity contribution in [2.45, 2.75) is 11.3 Å². The maximum Gasteiger partial charge on any atom is 0.124 e. The van der Waals surface area contributed by atoms with Crippen molar-refractivity contribution in [3.63, 3.8) is 0 Å². The molecule has 1 N–H and O–H groups in total. The van der Waals surface area contributed by atoms with E-state index in [0.717, 1.165) is 18.9 Å². The molecule has 0 aliphatic carbocycles. The molecule has 2 aliphatic rings. The smallest absolute Gasteiger partial charge is 0.124 e. The second-order valence-electron chi connectivity index (χ2n) is 3.69. The number of nitrogens with one attached hydrogen (secondary N) is 1. The summed E-state index contributed by atoms with van der Waals surface area (Å²) in [5.74, 6) is 2.26. The molecule has 2 atom stereocenters. The van der Waals surface area contributed by atoms with Gasteiger partial charge in [-0.05, 0) is 6.07 Å². The first-order valence-electron chi connectivity index (χ1n) is 5.02. The standard InChI is InChI=1S/C11H13NOS/c1-2-4-9-8(3-1)11-10(7-13-9)14-6-5-12-11/h1-4,10-12H,5-7H2. The van der Waals surface area contributed by atoms with Gasteiger partial charge in [0.25, 0.3) is 0 Å². The second kappa shape index (κ2) is 3.48. The molecule has 1 aromatic rings. The van der Waals surface area contributed by atoms with E-state index in [-0.39, 0.29) is 0 Å². The summed E-state index contributed by atoms with van der Waals surface area (Å²) in [7, 11) is 0. The lowest BCUT2D eigenvalue weighted by molar-refractivity contribution is 0.258. The van der Waals surface area contributed by atoms with Gasteiger partial charge in [-0.2, -0.15) is 11.8 Å². The summed E-state index contributed by atoms with van der Waals surface area (Å²) in [5, 5.41) is 4.17. The minimum absolute atomic E-state index is 0.499. The van der Waals surface area contributed by atoms with Gasteiger partial charge < -0.3 is 10.1 Å². The van der Waals surface area contributed by atoms with Crippen molar-refractivity contribution in [3.05, 3.63) is 29.8 Å². The molecule has 1 fully saturated rings. The lowest BCUT2D eigenvalue weighted by Gasteiger charge is -2.37. The first kappa shape index (κ1) is 8.62. The van der Waals surface area contributed by atoms with E-state index in [1.807, 2.05) is 17.8 Å². The largest absolute Gasteiger partial charge is 0.492 e. The van der Waals surface area contributed by atoms with E-state index in [1.165, 1.54) is 11.3 Å². The van der Waals surface area contributed by atoms with Crippen LogP contribution in [0.2, 0.25) is 0 Å². The Kier molecular flexibility index (Phi) is 2.14. The predicted molar refractivity (Wildman–Crippen MR) is 58.9 cm³/mol. The zero-order valence-electron chi connectivity index (χ0n) is 7.90. The molecule has 2 nitrogen and oxygen atoms in total. The number of rotatable bonds is 0. The van der Waals surface area contributed by atoms with Crippen LogP contribution in [-0.2, 0) is 0 Å². The van der Waals surface area contributed by atoms with E-state index >= 15 is 0 Å². The van der Waals surface area contributed by atoms with Crippen LogP contribution >= 0.6 is 11.8 Å². The van der Waals surface area contributed by atoms with Gasteiger partial charge in [-0.1, -0.05) is 18.2 Å². The summed E-state index contributed by atoms with van der Waals surface area (Å²) in [4.78, 5) is 0. The van der Waals surface area contributed by atoms with Gasteiger partial charge in [-0.3, -0.25) is 0 Å². The molecule has 0 spiro atoms. The van der Waals surface area contributed by atoms with Gasteiger partial charge in [0.05, 0.1) is 11.3 Å². The number of ether oxygens (including phenoxy) is 1. The van der Waals surface area contributed by atoms with Crippen LogP contribution in [0.1, 0.15) is 11.6 Å². The van der Waals surface area contributed by atoms with Crippen LogP contribution in [0.15, 0.2) is 24.3 Å². The summed E-state index contributed by atoms with van der Waals surface area (Å²) in [6, 6.07) is 8.86. The first-order chi connectivity index (χ1) is 6.95. The zero-order chi connectivity index (χ0) is 9.38. The number of thioether (sulfide) groups is 1. The highest BCUT2D eigenvalue weighted by molar-refractivity contribution is 8.00. The maximum atomic E-state index is 5.73. The van der Waals surface area contributed by atoms with Crippen molar-refractivity contribution in [3.8, 4) is 5.75 Å². The van der Waals surface area contributed by atoms with Crippen molar-refractivity contribution in [1.29, 1.82) is 0 Å². The molecule has 1 saturated heterocycles. The van der Waals surface area contributed by atoms with Gasteiger partial charge >= 0.3 is 0 Å². The first-order valence-corrected chi connectivity index (χ1v) is 6.07. The molecule has 2 heterocycles. The molecule has 3 rings (SSSR count). The lowest BCUT2D eigenvalue weighted by Crippen LogP contribution is -2.42. The summed E-state index contributed by atoms with van der Waals surface area (Å²) < 4.78 is 5.73. The van der Waals surface area contributed by atoms with Gasteiger partial charge in [0.2, 0.25) is 0 Å². The van der Waals surface area contributed by atoms with Crippen molar-refractivity contribution < 1.29 is 4.74 Å². The van der Waals surface area contributed by atoms with Gasteiger partial charge in [0.1, 0.15) is 12.4 Å². The highest BCUT2D eigenvalue weighted by Crippen LogP contribution is 2.38. The summed E-state index contributed by atoms with van der Waals surface area (Å²) >= 11 is 2.02. The second-order valence-corrected chi connectivity index (χ2v) is 5.04. The van der Waals surface area contributed by atoms with Crippen LogP contribution in [-0.4, -0.2) is 24.2 Å². The Morgan fingerprint density at radius 1 is 1.36 bits per heavy atom. The SMILES string of the molecule is c1ccc2c(c1)OCC1SCCNC21. The minimum Gasteiger partial charge on any atom is -0.492 e. The maximum absolute atomic E-state index is 5.73. The molecule has 0 bridgehead atoms. The Morgan fingerprint density at radius 2 is 2.29 bits per heavy atom. The molecule has 3 heteroatoms. The fourth-order valence-corrected chi connectivity index (χ4v) is 3.29. The average Bonchev–Trinajstić information content (AvgIpc) is 2.29. The van der Waals surface area contributed by atoms with E-state index in [1.54, 1.807) is 0 Å². The van der Waals surface area contributed by atoms with Crippen molar-refractivity contribution in [2.24, 2.45) is 0 Å². The van der Waals surface area contributed by atoms with Crippen LogP contribution in [0.4, 0.5) is 0 Å². The fourth-order valence-electron chi connectivity index (χ4n) is 2.15. The summed E-state index contributed by atoms with van der Waals surface area (Å²) in [5.41, 5.74) is 1.33. The highest BCUT2D eigenvalue weighted by atomic mass is 32.2. The molecule has 0 amide bonds. The lowest BCUT2D eigenvalue weighted by atomic mass is 10.00. The number of fused-ring (bicyclic) bond motifs is 3. The van der Waals surface area contributed by atoms with Crippen molar-refractivity contribution in [1.82, 2.24) is 5.32 Å². The zero-order valence-corrected chi connectivity index (χ0v) is 8.72. The molecule has 74 valence electrons. The van der Waals surface area contributed by atoms with Crippen LogP contribution in [0.5, 0.6) is 5.75 Å². The number of para-hydroxylation sites is 1. The Labute approximate surface area is 88.0 Å². The van der Waals surface area contributed by atoms with Gasteiger partial charge in [-0.25, -0.2) is 0 Å². The van der Waals surface area contributed by atoms with E-state index in [4.69, 9.17) is 4.74 Å². The van der Waals surface area contributed by atoms with Crippen LogP contribution < -0.4 is 10.1 Å². The topological polar surface area (TPSA) is 21.3 Å². The monoisotopic (exact) mass is 207 g/mol. The Morgan fingerprint density at radius 3 is 3.29 bits per heavy atom. The Bertz CT molecular complexity index is 342. The van der Waals surface area contributed by atoms with E-state index in [2.05, 4.69) is 23.5 Å². The molecule has 14 heavy (non-hydrogen) atoms. The van der Waals surface area contributed by atoms with Crippen LogP contribution in [0, 0.1) is 0 Å². The van der Waals surface area contributed by atoms with Gasteiger partial charge in [0, 0.05) is 17.9 Å². The predicted octanol–water partition coefficient (Wildman–Crippen LogP) is 1.83. The van der Waals surface area contributed by atoms with E-state index in [0.29, 0.717) is 11.3 Å². The molecule has 1 aromatic carbocycles. The van der Waals surface area contributed by atoms with Crippen molar-refractivity contribution in [2.75, 3.05) is 18.9 Å². The van der Waals surface area contributed by atoms with E-state index < -0.39 is 0 Å². The minimum atomic E-state index is 0.499. The average molecular weight is 207 g/mol. The summed E-state index contributed by atoms with van der Waals surface area (Å²) in [6.45, 7) is 1.96. The third kappa shape index (κ3) is 1.31. The molecular formula is C11H13NOS. The molecule has 2 unspecified atom stereocenters. The fraction of sp³-hybridized carbons (Fsp3) is 0.455. The van der Waals surface area contributed by atoms with Crippen molar-refractivity contribution >= 4 is 11.8 Å². The number of hydrogen-bond acceptors (Lipinski definition) is 3. The highest BCUT2D eigenvalue weighted by Gasteiger charge is 2.32. The third-order valence-corrected chi connectivity index (χ3v) is 4.10. The summed E-state index contributed by atoms with van der Waals surface area (Å²) in [6.07, 6.45) is 0. The Hall–Kier alpha value is -0.670. The van der Waals surface area contributed by atoms with E-state index in [9.17, 15) is 0 Å². The molecule has 0 aromatic heterocycles. The van der Waals surface area contributed by atoms with Crippen LogP contribution in [0.25, 0.3) is 0 Å².